The van der Waals surface area contributed by atoms with Crippen molar-refractivity contribution in [3.8, 4) is 22.6 Å². The number of pyridine rings is 3. The van der Waals surface area contributed by atoms with E-state index in [1.54, 1.807) is 6.20 Å². The molecule has 0 bridgehead atoms. The van der Waals surface area contributed by atoms with Gasteiger partial charge in [0.15, 0.2) is 0 Å². The van der Waals surface area contributed by atoms with E-state index in [0.29, 0.717) is 0 Å². The molecule has 7 nitrogen and oxygen atoms in total. The molecule has 0 radical (unpaired) electrons. The van der Waals surface area contributed by atoms with Gasteiger partial charge in [-0.3, -0.25) is 15.1 Å². The van der Waals surface area contributed by atoms with Crippen molar-refractivity contribution in [3.63, 3.8) is 0 Å². The van der Waals surface area contributed by atoms with Crippen LogP contribution in [0.2, 0.25) is 0 Å². The molecule has 5 aromatic heterocycles. The second-order valence-electron chi connectivity index (χ2n) is 6.65. The fourth-order valence-corrected chi connectivity index (χ4v) is 3.32. The highest BCUT2D eigenvalue weighted by molar-refractivity contribution is 5.93. The van der Waals surface area contributed by atoms with Gasteiger partial charge < -0.3 is 10.3 Å². The molecule has 0 saturated heterocycles. The first kappa shape index (κ1) is 16.6. The van der Waals surface area contributed by atoms with Gasteiger partial charge in [0.25, 0.3) is 0 Å². The minimum atomic E-state index is 0.784. The zero-order chi connectivity index (χ0) is 18.9. The average Bonchev–Trinajstić information content (AvgIpc) is 3.35. The van der Waals surface area contributed by atoms with Gasteiger partial charge in [-0.05, 0) is 48.5 Å². The summed E-state index contributed by atoms with van der Waals surface area (Å²) in [6.07, 6.45) is 5.51. The van der Waals surface area contributed by atoms with Crippen molar-refractivity contribution in [2.24, 2.45) is 0 Å². The second-order valence-corrected chi connectivity index (χ2v) is 6.65. The molecule has 3 N–H and O–H groups in total. The van der Waals surface area contributed by atoms with Gasteiger partial charge in [-0.2, -0.15) is 5.10 Å². The molecule has 0 spiro atoms. The molecule has 0 fully saturated rings. The molecule has 28 heavy (non-hydrogen) atoms. The van der Waals surface area contributed by atoms with Crippen LogP contribution in [0.3, 0.4) is 0 Å². The highest BCUT2D eigenvalue weighted by Gasteiger charge is 2.14. The first-order chi connectivity index (χ1) is 13.8. The van der Waals surface area contributed by atoms with Crippen LogP contribution in [0.25, 0.3) is 44.7 Å². The molecule has 5 aromatic rings. The molecule has 0 unspecified atom stereocenters. The fraction of sp³-hybridized carbons (Fsp3) is 0.143. The number of hydrogen-bond acceptors (Lipinski definition) is 5. The molecule has 0 aliphatic rings. The van der Waals surface area contributed by atoms with Crippen LogP contribution in [-0.2, 0) is 6.54 Å². The monoisotopic (exact) mass is 369 g/mol. The zero-order valence-electron chi connectivity index (χ0n) is 15.4. The third kappa shape index (κ3) is 2.91. The van der Waals surface area contributed by atoms with Crippen molar-refractivity contribution in [1.29, 1.82) is 0 Å². The molecule has 0 atom stereocenters. The Hall–Kier alpha value is -3.58. The van der Waals surface area contributed by atoms with Crippen molar-refractivity contribution in [3.05, 3.63) is 60.6 Å². The lowest BCUT2D eigenvalue weighted by atomic mass is 10.1. The number of nitrogens with zero attached hydrogens (tertiary/aromatic N) is 4. The molecule has 0 amide bonds. The summed E-state index contributed by atoms with van der Waals surface area (Å²) < 4.78 is 0. The number of aromatic nitrogens is 6. The first-order valence-electron chi connectivity index (χ1n) is 9.26. The highest BCUT2D eigenvalue weighted by atomic mass is 15.1. The van der Waals surface area contributed by atoms with Crippen LogP contribution in [0.4, 0.5) is 0 Å². The predicted molar refractivity (Wildman–Crippen MR) is 110 cm³/mol. The zero-order valence-corrected chi connectivity index (χ0v) is 15.4. The van der Waals surface area contributed by atoms with Gasteiger partial charge in [-0.25, -0.2) is 4.98 Å². The van der Waals surface area contributed by atoms with Gasteiger partial charge in [0.2, 0.25) is 0 Å². The normalized spacial score (nSPS) is 11.5. The van der Waals surface area contributed by atoms with Crippen molar-refractivity contribution < 1.29 is 0 Å². The molecule has 0 saturated carbocycles. The smallest absolute Gasteiger partial charge is 0.135 e. The Morgan fingerprint density at radius 3 is 2.93 bits per heavy atom. The van der Waals surface area contributed by atoms with E-state index in [0.717, 1.165) is 63.4 Å². The minimum Gasteiger partial charge on any atom is -0.352 e. The van der Waals surface area contributed by atoms with Crippen molar-refractivity contribution in [2.45, 2.75) is 13.5 Å². The van der Waals surface area contributed by atoms with Gasteiger partial charge in [-0.1, -0.05) is 6.92 Å². The molecule has 5 heterocycles. The quantitative estimate of drug-likeness (QED) is 0.439. The van der Waals surface area contributed by atoms with E-state index in [1.165, 1.54) is 0 Å². The fourth-order valence-electron chi connectivity index (χ4n) is 3.32. The Kier molecular flexibility index (Phi) is 4.06. The van der Waals surface area contributed by atoms with Gasteiger partial charge in [-0.15, -0.1) is 0 Å². The Balaban J connectivity index is 1.58. The lowest BCUT2D eigenvalue weighted by Gasteiger charge is -2.05. The number of aromatic amines is 2. The molecule has 0 aliphatic heterocycles. The summed E-state index contributed by atoms with van der Waals surface area (Å²) in [7, 11) is 0. The van der Waals surface area contributed by atoms with Gasteiger partial charge in [0, 0.05) is 30.7 Å². The van der Waals surface area contributed by atoms with Crippen molar-refractivity contribution >= 4 is 22.1 Å². The summed E-state index contributed by atoms with van der Waals surface area (Å²) in [5, 5.41) is 10.9. The summed E-state index contributed by atoms with van der Waals surface area (Å²) in [5.74, 6) is 0. The maximum Gasteiger partial charge on any atom is 0.135 e. The number of rotatable bonds is 5. The Bertz CT molecular complexity index is 1240. The third-order valence-corrected chi connectivity index (χ3v) is 4.72. The molecule has 7 heteroatoms. The maximum absolute atomic E-state index is 4.88. The number of fused-ring (bicyclic) bond motifs is 2. The first-order valence-corrected chi connectivity index (χ1v) is 9.26. The third-order valence-electron chi connectivity index (χ3n) is 4.72. The number of nitrogens with one attached hydrogen (secondary N) is 3. The van der Waals surface area contributed by atoms with E-state index in [-0.39, 0.29) is 0 Å². The topological polar surface area (TPSA) is 95.2 Å². The van der Waals surface area contributed by atoms with Crippen LogP contribution in [0, 0.1) is 0 Å². The SMILES string of the molecule is CCNCc1cncc(-c2ccc3[nH]nc(-c4cc5ncccc5[nH]4)c3n2)c1. The summed E-state index contributed by atoms with van der Waals surface area (Å²) in [6.45, 7) is 3.80. The van der Waals surface area contributed by atoms with Crippen LogP contribution in [0.5, 0.6) is 0 Å². The second kappa shape index (κ2) is 6.86. The van der Waals surface area contributed by atoms with Crippen LogP contribution in [0.1, 0.15) is 12.5 Å². The molecule has 0 aromatic carbocycles. The number of hydrogen-bond donors (Lipinski definition) is 3. The van der Waals surface area contributed by atoms with E-state index in [2.05, 4.69) is 43.5 Å². The van der Waals surface area contributed by atoms with Crippen LogP contribution < -0.4 is 5.32 Å². The molecular weight excluding hydrogens is 350 g/mol. The minimum absolute atomic E-state index is 0.784. The summed E-state index contributed by atoms with van der Waals surface area (Å²) >= 11 is 0. The van der Waals surface area contributed by atoms with Gasteiger partial charge in [0.1, 0.15) is 11.2 Å². The van der Waals surface area contributed by atoms with Gasteiger partial charge in [0.05, 0.1) is 27.9 Å². The highest BCUT2D eigenvalue weighted by Crippen LogP contribution is 2.29. The Morgan fingerprint density at radius 2 is 2.04 bits per heavy atom. The summed E-state index contributed by atoms with van der Waals surface area (Å²) in [5.41, 5.74) is 8.27. The van der Waals surface area contributed by atoms with E-state index in [9.17, 15) is 0 Å². The van der Waals surface area contributed by atoms with E-state index >= 15 is 0 Å². The molecular formula is C21H19N7. The van der Waals surface area contributed by atoms with Crippen LogP contribution in [-0.4, -0.2) is 36.7 Å². The molecule has 0 aliphatic carbocycles. The lowest BCUT2D eigenvalue weighted by molar-refractivity contribution is 0.724. The summed E-state index contributed by atoms with van der Waals surface area (Å²) in [4.78, 5) is 17.0. The Labute approximate surface area is 161 Å². The predicted octanol–water partition coefficient (Wildman–Crippen LogP) is 3.67. The van der Waals surface area contributed by atoms with Crippen molar-refractivity contribution in [1.82, 2.24) is 35.5 Å². The largest absolute Gasteiger partial charge is 0.352 e. The standard InChI is InChI=1S/C21H19N7/c1-2-22-10-13-8-14(12-23-11-13)15-5-6-17-20(26-15)21(28-27-17)19-9-18-16(25-19)4-3-7-24-18/h3-9,11-12,22,25H,2,10H2,1H3,(H,27,28). The van der Waals surface area contributed by atoms with Gasteiger partial charge >= 0.3 is 0 Å². The molecule has 5 rings (SSSR count). The summed E-state index contributed by atoms with van der Waals surface area (Å²) in [6, 6.07) is 12.0. The number of H-pyrrole nitrogens is 2. The van der Waals surface area contributed by atoms with E-state index < -0.39 is 0 Å². The van der Waals surface area contributed by atoms with E-state index in [1.807, 2.05) is 42.7 Å². The molecule has 138 valence electrons. The van der Waals surface area contributed by atoms with E-state index in [4.69, 9.17) is 4.98 Å². The lowest BCUT2D eigenvalue weighted by Crippen LogP contribution is -2.11. The maximum atomic E-state index is 4.88. The average molecular weight is 369 g/mol. The Morgan fingerprint density at radius 1 is 1.07 bits per heavy atom. The van der Waals surface area contributed by atoms with Crippen molar-refractivity contribution in [2.75, 3.05) is 6.54 Å². The van der Waals surface area contributed by atoms with Crippen LogP contribution in [0.15, 0.2) is 55.0 Å². The van der Waals surface area contributed by atoms with Crippen LogP contribution >= 0.6 is 0 Å².